The van der Waals surface area contributed by atoms with Gasteiger partial charge in [-0.05, 0) is 47.6 Å². The van der Waals surface area contributed by atoms with E-state index in [-0.39, 0.29) is 28.0 Å². The molecular formula is C23H29ClFN5O4. The molecule has 0 saturated heterocycles. The number of aliphatic hydroxyl groups excluding tert-OH is 1. The molecule has 1 amide bonds. The summed E-state index contributed by atoms with van der Waals surface area (Å²) in [5.74, 6) is -1.68. The number of nitrogens with two attached hydrogens (primary N) is 1. The molecule has 3 aromatic rings. The van der Waals surface area contributed by atoms with Crippen molar-refractivity contribution in [2.75, 3.05) is 5.73 Å². The number of nitrogen functional groups attached to an aromatic ring is 1. The van der Waals surface area contributed by atoms with Gasteiger partial charge in [-0.2, -0.15) is 0 Å². The Kier molecular flexibility index (Phi) is 7.07. The van der Waals surface area contributed by atoms with Crippen molar-refractivity contribution >= 4 is 28.8 Å². The molecule has 184 valence electrons. The van der Waals surface area contributed by atoms with Crippen LogP contribution in [-0.2, 0) is 5.60 Å². The van der Waals surface area contributed by atoms with Crippen molar-refractivity contribution in [3.05, 3.63) is 51.9 Å². The molecule has 0 aliphatic rings. The lowest BCUT2D eigenvalue weighted by Gasteiger charge is -2.28. The first kappa shape index (κ1) is 25.7. The van der Waals surface area contributed by atoms with Crippen LogP contribution in [-0.4, -0.2) is 48.7 Å². The van der Waals surface area contributed by atoms with Crippen molar-refractivity contribution in [2.24, 2.45) is 0 Å². The first-order valence-corrected chi connectivity index (χ1v) is 11.1. The summed E-state index contributed by atoms with van der Waals surface area (Å²) in [6, 6.07) is 0.529. The predicted octanol–water partition coefficient (Wildman–Crippen LogP) is 2.95. The number of amides is 1. The standard InChI is InChI=1S/C23H29ClFN5O4/c1-10(2)34-19-14(9-15(24)17(25)16(19)21(32)28-11(3)13(5)31)23(6,33)22-29-12(4)18-20(26)27-7-8-30(18)22/h7-11,13,31,33H,1-6H3,(H2,26,27)(H,28,32)/t11-,13-,23+/m1/s1. The number of ether oxygens (including phenoxy) is 1. The van der Waals surface area contributed by atoms with E-state index in [4.69, 9.17) is 22.1 Å². The second-order valence-corrected chi connectivity index (χ2v) is 9.12. The van der Waals surface area contributed by atoms with Gasteiger partial charge in [-0.15, -0.1) is 0 Å². The zero-order chi connectivity index (χ0) is 25.5. The van der Waals surface area contributed by atoms with Gasteiger partial charge in [0, 0.05) is 18.0 Å². The van der Waals surface area contributed by atoms with Crippen molar-refractivity contribution in [2.45, 2.75) is 65.4 Å². The molecule has 34 heavy (non-hydrogen) atoms. The molecule has 0 aliphatic carbocycles. The van der Waals surface area contributed by atoms with E-state index in [1.165, 1.54) is 26.1 Å². The van der Waals surface area contributed by atoms with Crippen molar-refractivity contribution in [1.82, 2.24) is 19.7 Å². The highest BCUT2D eigenvalue weighted by Crippen LogP contribution is 2.42. The molecule has 0 fully saturated rings. The lowest BCUT2D eigenvalue weighted by molar-refractivity contribution is 0.0821. The summed E-state index contributed by atoms with van der Waals surface area (Å²) in [7, 11) is 0. The molecule has 5 N–H and O–H groups in total. The van der Waals surface area contributed by atoms with Crippen LogP contribution < -0.4 is 15.8 Å². The Morgan fingerprint density at radius 2 is 2.00 bits per heavy atom. The van der Waals surface area contributed by atoms with Gasteiger partial charge >= 0.3 is 0 Å². The zero-order valence-corrected chi connectivity index (χ0v) is 20.6. The number of carbonyl (C=O) groups is 1. The number of halogens is 2. The molecule has 0 spiro atoms. The molecule has 0 aliphatic heterocycles. The van der Waals surface area contributed by atoms with E-state index in [9.17, 15) is 15.0 Å². The van der Waals surface area contributed by atoms with Gasteiger partial charge in [0.25, 0.3) is 5.91 Å². The minimum absolute atomic E-state index is 0.0322. The minimum Gasteiger partial charge on any atom is -0.490 e. The average molecular weight is 494 g/mol. The van der Waals surface area contributed by atoms with Gasteiger partial charge in [-0.3, -0.25) is 9.20 Å². The Labute approximate surface area is 201 Å². The second kappa shape index (κ2) is 9.36. The van der Waals surface area contributed by atoms with Crippen LogP contribution in [0, 0.1) is 12.7 Å². The van der Waals surface area contributed by atoms with Crippen molar-refractivity contribution < 1.29 is 24.1 Å². The van der Waals surface area contributed by atoms with Crippen LogP contribution in [0.5, 0.6) is 5.75 Å². The van der Waals surface area contributed by atoms with Crippen LogP contribution in [0.2, 0.25) is 5.02 Å². The fraction of sp³-hybridized carbons (Fsp3) is 0.435. The van der Waals surface area contributed by atoms with Gasteiger partial charge in [0.2, 0.25) is 0 Å². The molecule has 0 radical (unpaired) electrons. The van der Waals surface area contributed by atoms with Crippen LogP contribution in [0.1, 0.15) is 62.1 Å². The largest absolute Gasteiger partial charge is 0.490 e. The third-order valence-corrected chi connectivity index (χ3v) is 5.83. The molecule has 3 rings (SSSR count). The molecular weight excluding hydrogens is 465 g/mol. The lowest BCUT2D eigenvalue weighted by Crippen LogP contribution is -2.40. The van der Waals surface area contributed by atoms with Crippen LogP contribution in [0.4, 0.5) is 10.2 Å². The molecule has 11 heteroatoms. The monoisotopic (exact) mass is 493 g/mol. The summed E-state index contributed by atoms with van der Waals surface area (Å²) >= 11 is 6.18. The number of fused-ring (bicyclic) bond motifs is 1. The van der Waals surface area contributed by atoms with Crippen molar-refractivity contribution in [3.63, 3.8) is 0 Å². The first-order chi connectivity index (χ1) is 15.8. The fourth-order valence-corrected chi connectivity index (χ4v) is 3.84. The molecule has 0 saturated carbocycles. The third kappa shape index (κ3) is 4.53. The van der Waals surface area contributed by atoms with E-state index in [1.807, 2.05) is 0 Å². The third-order valence-electron chi connectivity index (χ3n) is 5.55. The number of carbonyl (C=O) groups excluding carboxylic acids is 1. The Bertz CT molecular complexity index is 1240. The maximum absolute atomic E-state index is 15.2. The highest BCUT2D eigenvalue weighted by atomic mass is 35.5. The summed E-state index contributed by atoms with van der Waals surface area (Å²) in [5.41, 5.74) is 4.68. The number of imidazole rings is 1. The van der Waals surface area contributed by atoms with Gasteiger partial charge in [0.05, 0.1) is 29.0 Å². The molecule has 2 heterocycles. The number of nitrogens with zero attached hydrogens (tertiary/aromatic N) is 3. The number of nitrogens with one attached hydrogen (secondary N) is 1. The topological polar surface area (TPSA) is 135 Å². The molecule has 3 atom stereocenters. The second-order valence-electron chi connectivity index (χ2n) is 8.72. The first-order valence-electron chi connectivity index (χ1n) is 10.8. The zero-order valence-electron chi connectivity index (χ0n) is 19.8. The number of aryl methyl sites for hydroxylation is 1. The average Bonchev–Trinajstić information content (AvgIpc) is 3.08. The van der Waals surface area contributed by atoms with E-state index in [2.05, 4.69) is 15.3 Å². The van der Waals surface area contributed by atoms with Crippen LogP contribution in [0.25, 0.3) is 5.52 Å². The number of benzene rings is 1. The molecule has 2 aromatic heterocycles. The number of anilines is 1. The molecule has 0 unspecified atom stereocenters. The maximum Gasteiger partial charge on any atom is 0.258 e. The molecule has 1 aromatic carbocycles. The van der Waals surface area contributed by atoms with E-state index < -0.39 is 41.1 Å². The Morgan fingerprint density at radius 1 is 1.35 bits per heavy atom. The van der Waals surface area contributed by atoms with Crippen LogP contribution in [0.15, 0.2) is 18.5 Å². The Balaban J connectivity index is 2.30. The minimum atomic E-state index is -1.89. The summed E-state index contributed by atoms with van der Waals surface area (Å²) in [4.78, 5) is 21.6. The van der Waals surface area contributed by atoms with Gasteiger partial charge < -0.3 is 26.0 Å². The lowest BCUT2D eigenvalue weighted by atomic mass is 9.91. The predicted molar refractivity (Wildman–Crippen MR) is 127 cm³/mol. The molecule has 9 nitrogen and oxygen atoms in total. The highest BCUT2D eigenvalue weighted by molar-refractivity contribution is 6.31. The quantitative estimate of drug-likeness (QED) is 0.397. The van der Waals surface area contributed by atoms with Gasteiger partial charge in [-0.25, -0.2) is 14.4 Å². The number of aliphatic hydroxyl groups is 2. The van der Waals surface area contributed by atoms with Gasteiger partial charge in [-0.1, -0.05) is 11.6 Å². The Morgan fingerprint density at radius 3 is 2.59 bits per heavy atom. The highest BCUT2D eigenvalue weighted by Gasteiger charge is 2.39. The van der Waals surface area contributed by atoms with Crippen molar-refractivity contribution in [1.29, 1.82) is 0 Å². The number of hydrogen-bond donors (Lipinski definition) is 4. The van der Waals surface area contributed by atoms with Crippen LogP contribution in [0.3, 0.4) is 0 Å². The summed E-state index contributed by atoms with van der Waals surface area (Å²) in [6.45, 7) is 9.62. The number of aromatic nitrogens is 3. The maximum atomic E-state index is 15.2. The summed E-state index contributed by atoms with van der Waals surface area (Å²) in [5, 5.41) is 23.7. The summed E-state index contributed by atoms with van der Waals surface area (Å²) in [6.07, 6.45) is 1.68. The number of rotatable bonds is 7. The Hall–Kier alpha value is -2.95. The van der Waals surface area contributed by atoms with E-state index >= 15 is 4.39 Å². The normalized spacial score (nSPS) is 15.3. The van der Waals surface area contributed by atoms with E-state index in [0.717, 1.165) is 0 Å². The van der Waals surface area contributed by atoms with Gasteiger partial charge in [0.15, 0.2) is 5.82 Å². The van der Waals surface area contributed by atoms with E-state index in [1.54, 1.807) is 38.3 Å². The van der Waals surface area contributed by atoms with Crippen LogP contribution >= 0.6 is 11.6 Å². The summed E-state index contributed by atoms with van der Waals surface area (Å²) < 4.78 is 22.7. The van der Waals surface area contributed by atoms with E-state index in [0.29, 0.717) is 11.2 Å². The van der Waals surface area contributed by atoms with Gasteiger partial charge in [0.1, 0.15) is 34.1 Å². The molecule has 0 bridgehead atoms. The number of hydrogen-bond acceptors (Lipinski definition) is 7. The fourth-order valence-electron chi connectivity index (χ4n) is 3.64. The SMILES string of the molecule is Cc1nc([C@@](C)(O)c2cc(Cl)c(F)c(C(=O)N[C@H](C)[C@@H](C)O)c2OC(C)C)n2ccnc(N)c12. The van der Waals surface area contributed by atoms with Crippen molar-refractivity contribution in [3.8, 4) is 5.75 Å². The smallest absolute Gasteiger partial charge is 0.258 e.